The van der Waals surface area contributed by atoms with Crippen molar-refractivity contribution in [3.8, 4) is 5.75 Å². The number of halogens is 1. The van der Waals surface area contributed by atoms with Crippen molar-refractivity contribution in [1.29, 1.82) is 0 Å². The third-order valence-electron chi connectivity index (χ3n) is 6.37. The fourth-order valence-corrected chi connectivity index (χ4v) is 4.80. The van der Waals surface area contributed by atoms with E-state index in [4.69, 9.17) is 16.3 Å². The molecule has 1 heterocycles. The standard InChI is InChI=1S/C30H31ClN2O4/c1-5-32(6-2)23-14-10-20(11-15-23)27-26(28(34)21-12-16-25(17-13-21)37-19(3)4)29(35)30(36)33(27)24-9-7-8-22(31)18-24/h7-19,27,34H,5-6H2,1-4H3/b28-26+. The van der Waals surface area contributed by atoms with Crippen LogP contribution in [0.3, 0.4) is 0 Å². The summed E-state index contributed by atoms with van der Waals surface area (Å²) in [6.07, 6.45) is 0.00165. The molecule has 1 atom stereocenters. The average molecular weight is 519 g/mol. The van der Waals surface area contributed by atoms with Crippen LogP contribution < -0.4 is 14.5 Å². The highest BCUT2D eigenvalue weighted by molar-refractivity contribution is 6.51. The number of rotatable bonds is 8. The van der Waals surface area contributed by atoms with Crippen LogP contribution in [-0.2, 0) is 9.59 Å². The lowest BCUT2D eigenvalue weighted by Crippen LogP contribution is -2.29. The van der Waals surface area contributed by atoms with Crippen LogP contribution in [0.2, 0.25) is 5.02 Å². The highest BCUT2D eigenvalue weighted by Crippen LogP contribution is 2.43. The number of ketones is 1. The predicted octanol–water partition coefficient (Wildman–Crippen LogP) is 6.60. The number of hydrogen-bond donors (Lipinski definition) is 1. The summed E-state index contributed by atoms with van der Waals surface area (Å²) in [5, 5.41) is 11.8. The molecule has 7 heteroatoms. The fraction of sp³-hybridized carbons (Fsp3) is 0.267. The number of aliphatic hydroxyl groups excluding tert-OH is 1. The number of benzene rings is 3. The van der Waals surface area contributed by atoms with E-state index in [1.807, 2.05) is 38.1 Å². The van der Waals surface area contributed by atoms with Gasteiger partial charge in [-0.05, 0) is 87.9 Å². The Balaban J connectivity index is 1.85. The number of ether oxygens (including phenoxy) is 1. The molecule has 1 fully saturated rings. The number of carbonyl (C=O) groups excluding carboxylic acids is 2. The first-order chi connectivity index (χ1) is 17.7. The van der Waals surface area contributed by atoms with Gasteiger partial charge in [-0.25, -0.2) is 0 Å². The van der Waals surface area contributed by atoms with Crippen LogP contribution in [0.1, 0.15) is 44.9 Å². The molecule has 1 amide bonds. The van der Waals surface area contributed by atoms with Gasteiger partial charge in [-0.1, -0.05) is 29.8 Å². The maximum Gasteiger partial charge on any atom is 0.300 e. The third-order valence-corrected chi connectivity index (χ3v) is 6.60. The smallest absolute Gasteiger partial charge is 0.300 e. The van der Waals surface area contributed by atoms with Crippen molar-refractivity contribution >= 4 is 40.4 Å². The summed E-state index contributed by atoms with van der Waals surface area (Å²) in [5.41, 5.74) is 2.67. The molecular formula is C30H31ClN2O4. The van der Waals surface area contributed by atoms with Crippen molar-refractivity contribution in [2.45, 2.75) is 39.8 Å². The van der Waals surface area contributed by atoms with Crippen LogP contribution >= 0.6 is 11.6 Å². The predicted molar refractivity (Wildman–Crippen MR) is 148 cm³/mol. The third kappa shape index (κ3) is 5.35. The van der Waals surface area contributed by atoms with Gasteiger partial charge in [-0.15, -0.1) is 0 Å². The largest absolute Gasteiger partial charge is 0.507 e. The zero-order chi connectivity index (χ0) is 26.7. The van der Waals surface area contributed by atoms with Gasteiger partial charge in [0.15, 0.2) is 0 Å². The van der Waals surface area contributed by atoms with Crippen LogP contribution in [0.5, 0.6) is 5.75 Å². The molecular weight excluding hydrogens is 488 g/mol. The molecule has 3 aromatic carbocycles. The van der Waals surface area contributed by atoms with Crippen molar-refractivity contribution in [2.24, 2.45) is 0 Å². The molecule has 3 aromatic rings. The monoisotopic (exact) mass is 518 g/mol. The molecule has 0 bridgehead atoms. The Morgan fingerprint density at radius 2 is 1.65 bits per heavy atom. The first-order valence-corrected chi connectivity index (χ1v) is 12.8. The van der Waals surface area contributed by atoms with Gasteiger partial charge in [0, 0.05) is 35.1 Å². The van der Waals surface area contributed by atoms with Gasteiger partial charge in [-0.3, -0.25) is 14.5 Å². The quantitative estimate of drug-likeness (QED) is 0.207. The lowest BCUT2D eigenvalue weighted by molar-refractivity contribution is -0.132. The molecule has 0 saturated carbocycles. The molecule has 0 aliphatic carbocycles. The normalized spacial score (nSPS) is 16.9. The number of carbonyl (C=O) groups is 2. The molecule has 0 radical (unpaired) electrons. The van der Waals surface area contributed by atoms with Gasteiger partial charge < -0.3 is 14.7 Å². The molecule has 1 aliphatic rings. The Labute approximate surface area is 222 Å². The summed E-state index contributed by atoms with van der Waals surface area (Å²) in [7, 11) is 0. The molecule has 192 valence electrons. The summed E-state index contributed by atoms with van der Waals surface area (Å²) in [6, 6.07) is 20.5. The van der Waals surface area contributed by atoms with E-state index >= 15 is 0 Å². The van der Waals surface area contributed by atoms with E-state index in [2.05, 4.69) is 18.7 Å². The highest BCUT2D eigenvalue weighted by Gasteiger charge is 2.47. The first kappa shape index (κ1) is 26.3. The molecule has 1 unspecified atom stereocenters. The first-order valence-electron chi connectivity index (χ1n) is 12.4. The molecule has 0 spiro atoms. The second kappa shape index (κ2) is 11.1. The highest BCUT2D eigenvalue weighted by atomic mass is 35.5. The van der Waals surface area contributed by atoms with Crippen LogP contribution in [0, 0.1) is 0 Å². The molecule has 1 aliphatic heterocycles. The second-order valence-electron chi connectivity index (χ2n) is 9.10. The van der Waals surface area contributed by atoms with Gasteiger partial charge in [0.05, 0.1) is 17.7 Å². The van der Waals surface area contributed by atoms with Crippen molar-refractivity contribution in [2.75, 3.05) is 22.9 Å². The van der Waals surface area contributed by atoms with Gasteiger partial charge in [0.2, 0.25) is 0 Å². The van der Waals surface area contributed by atoms with E-state index < -0.39 is 17.7 Å². The lowest BCUT2D eigenvalue weighted by Gasteiger charge is -2.27. The summed E-state index contributed by atoms with van der Waals surface area (Å²) >= 11 is 6.23. The topological polar surface area (TPSA) is 70.1 Å². The van der Waals surface area contributed by atoms with E-state index in [1.54, 1.807) is 48.5 Å². The Kier molecular flexibility index (Phi) is 7.89. The molecule has 1 N–H and O–H groups in total. The number of hydrogen-bond acceptors (Lipinski definition) is 5. The SMILES string of the molecule is CCN(CC)c1ccc(C2/C(=C(\O)c3ccc(OC(C)C)cc3)C(=O)C(=O)N2c2cccc(Cl)c2)cc1. The zero-order valence-corrected chi connectivity index (χ0v) is 22.2. The van der Waals surface area contributed by atoms with Crippen molar-refractivity contribution < 1.29 is 19.4 Å². The second-order valence-corrected chi connectivity index (χ2v) is 9.54. The van der Waals surface area contributed by atoms with Gasteiger partial charge in [-0.2, -0.15) is 0 Å². The van der Waals surface area contributed by atoms with Gasteiger partial charge in [0.25, 0.3) is 11.7 Å². The summed E-state index contributed by atoms with van der Waals surface area (Å²) < 4.78 is 5.69. The van der Waals surface area contributed by atoms with E-state index in [9.17, 15) is 14.7 Å². The Morgan fingerprint density at radius 3 is 2.22 bits per heavy atom. The van der Waals surface area contributed by atoms with E-state index in [0.717, 1.165) is 18.8 Å². The molecule has 4 rings (SSSR count). The number of nitrogens with zero attached hydrogens (tertiary/aromatic N) is 2. The van der Waals surface area contributed by atoms with Crippen LogP contribution in [-0.4, -0.2) is 36.0 Å². The minimum absolute atomic E-state index is 0.00165. The molecule has 0 aromatic heterocycles. The number of aliphatic hydroxyl groups is 1. The zero-order valence-electron chi connectivity index (χ0n) is 21.4. The Bertz CT molecular complexity index is 1310. The Hall–Kier alpha value is -3.77. The molecule has 6 nitrogen and oxygen atoms in total. The summed E-state index contributed by atoms with van der Waals surface area (Å²) in [6.45, 7) is 9.74. The average Bonchev–Trinajstić information content (AvgIpc) is 3.15. The van der Waals surface area contributed by atoms with Crippen LogP contribution in [0.15, 0.2) is 78.4 Å². The Morgan fingerprint density at radius 1 is 1.00 bits per heavy atom. The fourth-order valence-electron chi connectivity index (χ4n) is 4.62. The number of Topliss-reactive ketones (excluding diaryl/α,β-unsaturated/α-hetero) is 1. The van der Waals surface area contributed by atoms with Gasteiger partial charge >= 0.3 is 0 Å². The molecule has 37 heavy (non-hydrogen) atoms. The number of amides is 1. The summed E-state index contributed by atoms with van der Waals surface area (Å²) in [4.78, 5) is 30.3. The van der Waals surface area contributed by atoms with E-state index in [0.29, 0.717) is 27.6 Å². The lowest BCUT2D eigenvalue weighted by atomic mass is 9.94. The minimum atomic E-state index is -0.823. The number of anilines is 2. The maximum absolute atomic E-state index is 13.4. The van der Waals surface area contributed by atoms with Crippen molar-refractivity contribution in [3.05, 3.63) is 94.5 Å². The van der Waals surface area contributed by atoms with Gasteiger partial charge in [0.1, 0.15) is 11.5 Å². The minimum Gasteiger partial charge on any atom is -0.507 e. The van der Waals surface area contributed by atoms with Crippen LogP contribution in [0.4, 0.5) is 11.4 Å². The van der Waals surface area contributed by atoms with Crippen molar-refractivity contribution in [1.82, 2.24) is 0 Å². The van der Waals surface area contributed by atoms with E-state index in [1.165, 1.54) is 4.90 Å². The van der Waals surface area contributed by atoms with E-state index in [-0.39, 0.29) is 17.4 Å². The van der Waals surface area contributed by atoms with Crippen LogP contribution in [0.25, 0.3) is 5.76 Å². The molecule has 1 saturated heterocycles. The summed E-state index contributed by atoms with van der Waals surface area (Å²) in [5.74, 6) is -1.06. The maximum atomic E-state index is 13.4. The van der Waals surface area contributed by atoms with Crippen molar-refractivity contribution in [3.63, 3.8) is 0 Å².